The molecule has 59 valence electrons. The quantitative estimate of drug-likeness (QED) is 0.574. The molecular weight excluding hydrogens is 148 g/mol. The maximum absolute atomic E-state index is 10.5. The molecule has 1 radical (unpaired) electrons. The number of nitrogen functional groups attached to an aromatic ring is 1. The molecule has 4 N–H and O–H groups in total. The van der Waals surface area contributed by atoms with Gasteiger partial charge in [-0.25, -0.2) is 0 Å². The minimum Gasteiger partial charge on any atom is -0.369 e. The Kier molecular flexibility index (Phi) is 1.75. The van der Waals surface area contributed by atoms with Gasteiger partial charge in [-0.1, -0.05) is 0 Å². The number of nitrogens with two attached hydrogens (primary N) is 2. The van der Waals surface area contributed by atoms with Crippen LogP contribution in [0.15, 0.2) is 4.52 Å². The highest BCUT2D eigenvalue weighted by atomic mass is 16.5. The molecule has 0 aromatic carbocycles. The van der Waals surface area contributed by atoms with Crippen molar-refractivity contribution in [3.05, 3.63) is 11.8 Å². The van der Waals surface area contributed by atoms with Crippen molar-refractivity contribution in [2.45, 2.75) is 6.92 Å². The van der Waals surface area contributed by atoms with Gasteiger partial charge in [0.1, 0.15) is 5.92 Å². The van der Waals surface area contributed by atoms with E-state index in [9.17, 15) is 4.79 Å². The second kappa shape index (κ2) is 2.57. The molecule has 1 aromatic heterocycles. The van der Waals surface area contributed by atoms with Gasteiger partial charge in [0.05, 0.1) is 0 Å². The first-order chi connectivity index (χ1) is 5.11. The Balaban J connectivity index is 2.84. The number of aromatic nitrogens is 2. The van der Waals surface area contributed by atoms with Crippen LogP contribution < -0.4 is 11.5 Å². The van der Waals surface area contributed by atoms with E-state index in [2.05, 4.69) is 14.7 Å². The maximum atomic E-state index is 10.5. The van der Waals surface area contributed by atoms with Crippen molar-refractivity contribution in [2.24, 2.45) is 5.73 Å². The van der Waals surface area contributed by atoms with Crippen LogP contribution in [0.25, 0.3) is 0 Å². The number of primary amides is 1. The van der Waals surface area contributed by atoms with Crippen LogP contribution in [0.4, 0.5) is 5.95 Å². The van der Waals surface area contributed by atoms with E-state index >= 15 is 0 Å². The zero-order valence-electron chi connectivity index (χ0n) is 5.87. The molecular formula is C5H7N4O2. The summed E-state index contributed by atoms with van der Waals surface area (Å²) in [6.45, 7) is 1.48. The van der Waals surface area contributed by atoms with E-state index < -0.39 is 5.91 Å². The summed E-state index contributed by atoms with van der Waals surface area (Å²) in [5.41, 5.74) is 10.1. The third-order valence-electron chi connectivity index (χ3n) is 1.13. The second-order valence-electron chi connectivity index (χ2n) is 1.95. The molecule has 11 heavy (non-hydrogen) atoms. The first-order valence-corrected chi connectivity index (χ1v) is 2.84. The first-order valence-electron chi connectivity index (χ1n) is 2.84. The largest absolute Gasteiger partial charge is 0.369 e. The van der Waals surface area contributed by atoms with Gasteiger partial charge in [0.15, 0.2) is 0 Å². The summed E-state index contributed by atoms with van der Waals surface area (Å²) >= 11 is 0. The molecule has 1 aromatic rings. The summed E-state index contributed by atoms with van der Waals surface area (Å²) in [6.07, 6.45) is 0. The fraction of sp³-hybridized carbons (Fsp3) is 0.200. The van der Waals surface area contributed by atoms with E-state index in [1.807, 2.05) is 0 Å². The standard InChI is InChI=1S/C5H7N4O2/c1-2(3(6)10)4-8-5(7)9-11-4/h1H3,(H2,6,10)(H2,7,9). The van der Waals surface area contributed by atoms with E-state index in [1.54, 1.807) is 0 Å². The number of carbonyl (C=O) groups excluding carboxylic acids is 1. The number of carbonyl (C=O) groups is 1. The zero-order chi connectivity index (χ0) is 8.43. The summed E-state index contributed by atoms with van der Waals surface area (Å²) in [4.78, 5) is 14.1. The first kappa shape index (κ1) is 7.52. The Morgan fingerprint density at radius 1 is 1.64 bits per heavy atom. The highest BCUT2D eigenvalue weighted by molar-refractivity contribution is 5.90. The molecule has 0 atom stereocenters. The minimum absolute atomic E-state index is 0.0133. The molecule has 0 aliphatic carbocycles. The lowest BCUT2D eigenvalue weighted by molar-refractivity contribution is -0.116. The fourth-order valence-corrected chi connectivity index (χ4v) is 0.493. The van der Waals surface area contributed by atoms with Gasteiger partial charge in [0, 0.05) is 0 Å². The minimum atomic E-state index is -0.603. The summed E-state index contributed by atoms with van der Waals surface area (Å²) in [5.74, 6) is -0.349. The molecule has 6 nitrogen and oxygen atoms in total. The Morgan fingerprint density at radius 3 is 2.64 bits per heavy atom. The SMILES string of the molecule is C[C](C(N)=O)c1nc(N)no1. The molecule has 6 heteroatoms. The molecule has 0 saturated heterocycles. The predicted molar refractivity (Wildman–Crippen MR) is 35.9 cm³/mol. The van der Waals surface area contributed by atoms with Gasteiger partial charge in [0.25, 0.3) is 5.95 Å². The van der Waals surface area contributed by atoms with E-state index in [1.165, 1.54) is 6.92 Å². The molecule has 1 amide bonds. The van der Waals surface area contributed by atoms with Crippen molar-refractivity contribution < 1.29 is 9.32 Å². The van der Waals surface area contributed by atoms with Crippen molar-refractivity contribution in [1.82, 2.24) is 10.1 Å². The maximum Gasteiger partial charge on any atom is 0.260 e. The van der Waals surface area contributed by atoms with Gasteiger partial charge in [-0.15, -0.1) is 0 Å². The third kappa shape index (κ3) is 1.46. The van der Waals surface area contributed by atoms with Crippen molar-refractivity contribution >= 4 is 11.9 Å². The van der Waals surface area contributed by atoms with E-state index in [4.69, 9.17) is 11.5 Å². The van der Waals surface area contributed by atoms with Crippen LogP contribution in [0, 0.1) is 5.92 Å². The third-order valence-corrected chi connectivity index (χ3v) is 1.13. The number of rotatable bonds is 2. The van der Waals surface area contributed by atoms with Crippen LogP contribution in [0.1, 0.15) is 12.8 Å². The van der Waals surface area contributed by atoms with Crippen LogP contribution in [0.5, 0.6) is 0 Å². The van der Waals surface area contributed by atoms with Crippen LogP contribution in [-0.2, 0) is 4.79 Å². The zero-order valence-corrected chi connectivity index (χ0v) is 5.87. The van der Waals surface area contributed by atoms with Crippen molar-refractivity contribution in [3.8, 4) is 0 Å². The van der Waals surface area contributed by atoms with Crippen molar-refractivity contribution in [3.63, 3.8) is 0 Å². The highest BCUT2D eigenvalue weighted by Gasteiger charge is 2.19. The average Bonchev–Trinajstić information content (AvgIpc) is 2.34. The van der Waals surface area contributed by atoms with Gasteiger partial charge < -0.3 is 16.0 Å². The van der Waals surface area contributed by atoms with Crippen LogP contribution in [-0.4, -0.2) is 16.0 Å². The summed E-state index contributed by atoms with van der Waals surface area (Å²) in [6, 6.07) is 0. The summed E-state index contributed by atoms with van der Waals surface area (Å²) in [7, 11) is 0. The number of hydrogen-bond donors (Lipinski definition) is 2. The Bertz CT molecular complexity index is 269. The van der Waals surface area contributed by atoms with E-state index in [-0.39, 0.29) is 17.8 Å². The normalized spacial score (nSPS) is 10.4. The van der Waals surface area contributed by atoms with Gasteiger partial charge in [-0.2, -0.15) is 4.98 Å². The smallest absolute Gasteiger partial charge is 0.260 e. The fourth-order valence-electron chi connectivity index (χ4n) is 0.493. The average molecular weight is 155 g/mol. The van der Waals surface area contributed by atoms with E-state index in [0.717, 1.165) is 0 Å². The number of amides is 1. The predicted octanol–water partition coefficient (Wildman–Crippen LogP) is -0.920. The molecule has 0 unspecified atom stereocenters. The molecule has 0 aliphatic heterocycles. The van der Waals surface area contributed by atoms with Crippen molar-refractivity contribution in [2.75, 3.05) is 5.73 Å². The van der Waals surface area contributed by atoms with Gasteiger partial charge >= 0.3 is 0 Å². The molecule has 1 heterocycles. The topological polar surface area (TPSA) is 108 Å². The summed E-state index contributed by atoms with van der Waals surface area (Å²) < 4.78 is 4.56. The van der Waals surface area contributed by atoms with E-state index in [0.29, 0.717) is 0 Å². The molecule has 1 rings (SSSR count). The Labute approximate surface area is 62.6 Å². The molecule has 0 bridgehead atoms. The van der Waals surface area contributed by atoms with Crippen molar-refractivity contribution in [1.29, 1.82) is 0 Å². The van der Waals surface area contributed by atoms with Crippen LogP contribution in [0.3, 0.4) is 0 Å². The molecule has 0 spiro atoms. The lowest BCUT2D eigenvalue weighted by Gasteiger charge is -1.95. The number of hydrogen-bond acceptors (Lipinski definition) is 5. The summed E-state index contributed by atoms with van der Waals surface area (Å²) in [5, 5.41) is 3.28. The van der Waals surface area contributed by atoms with Crippen LogP contribution in [0.2, 0.25) is 0 Å². The monoisotopic (exact) mass is 155 g/mol. The molecule has 0 fully saturated rings. The second-order valence-corrected chi connectivity index (χ2v) is 1.95. The Hall–Kier alpha value is -1.59. The number of nitrogens with zero attached hydrogens (tertiary/aromatic N) is 2. The highest BCUT2D eigenvalue weighted by Crippen LogP contribution is 2.10. The van der Waals surface area contributed by atoms with Gasteiger partial charge in [-0.05, 0) is 12.1 Å². The Morgan fingerprint density at radius 2 is 2.27 bits per heavy atom. The molecule has 0 aliphatic rings. The number of anilines is 1. The van der Waals surface area contributed by atoms with Gasteiger partial charge in [0.2, 0.25) is 11.8 Å². The lowest BCUT2D eigenvalue weighted by atomic mass is 10.2. The van der Waals surface area contributed by atoms with Gasteiger partial charge in [-0.3, -0.25) is 4.79 Å². The lowest BCUT2D eigenvalue weighted by Crippen LogP contribution is -2.19. The van der Waals surface area contributed by atoms with Crippen LogP contribution >= 0.6 is 0 Å². The molecule has 0 saturated carbocycles.